The average molecular weight is 310 g/mol. The van der Waals surface area contributed by atoms with Gasteiger partial charge < -0.3 is 11.5 Å². The zero-order valence-electron chi connectivity index (χ0n) is 10.8. The third kappa shape index (κ3) is 3.43. The SMILES string of the molecule is NC(=O)c1ccc(CS(=O)c2ccc(F)c(F)c2)c(N)c1. The smallest absolute Gasteiger partial charge is 0.248 e. The fourth-order valence-corrected chi connectivity index (χ4v) is 2.89. The third-order valence-electron chi connectivity index (χ3n) is 2.87. The molecule has 2 aromatic carbocycles. The molecule has 0 radical (unpaired) electrons. The van der Waals surface area contributed by atoms with Crippen molar-refractivity contribution in [1.82, 2.24) is 0 Å². The van der Waals surface area contributed by atoms with Crippen molar-refractivity contribution in [1.29, 1.82) is 0 Å². The number of hydrogen-bond donors (Lipinski definition) is 2. The fraction of sp³-hybridized carbons (Fsp3) is 0.0714. The zero-order chi connectivity index (χ0) is 15.6. The van der Waals surface area contributed by atoms with Crippen LogP contribution < -0.4 is 11.5 Å². The summed E-state index contributed by atoms with van der Waals surface area (Å²) in [5.41, 5.74) is 11.9. The molecule has 0 aliphatic heterocycles. The topological polar surface area (TPSA) is 86.2 Å². The normalized spacial score (nSPS) is 12.1. The van der Waals surface area contributed by atoms with E-state index < -0.39 is 28.3 Å². The summed E-state index contributed by atoms with van der Waals surface area (Å²) in [7, 11) is -1.58. The van der Waals surface area contributed by atoms with Gasteiger partial charge in [0.15, 0.2) is 11.6 Å². The maximum Gasteiger partial charge on any atom is 0.248 e. The first-order valence-electron chi connectivity index (χ1n) is 5.90. The Kier molecular flexibility index (Phi) is 4.32. The molecular weight excluding hydrogens is 298 g/mol. The van der Waals surface area contributed by atoms with E-state index in [4.69, 9.17) is 11.5 Å². The lowest BCUT2D eigenvalue weighted by Gasteiger charge is -2.07. The molecule has 1 amide bonds. The predicted octanol–water partition coefficient (Wildman–Crippen LogP) is 1.95. The van der Waals surface area contributed by atoms with Gasteiger partial charge in [-0.2, -0.15) is 0 Å². The van der Waals surface area contributed by atoms with E-state index in [9.17, 15) is 17.8 Å². The van der Waals surface area contributed by atoms with Crippen molar-refractivity contribution in [2.75, 3.05) is 5.73 Å². The van der Waals surface area contributed by atoms with Crippen LogP contribution in [0.1, 0.15) is 15.9 Å². The van der Waals surface area contributed by atoms with Gasteiger partial charge in [-0.25, -0.2) is 8.78 Å². The molecule has 0 aromatic heterocycles. The van der Waals surface area contributed by atoms with E-state index in [0.29, 0.717) is 5.56 Å². The molecule has 0 saturated carbocycles. The highest BCUT2D eigenvalue weighted by atomic mass is 32.2. The first-order valence-corrected chi connectivity index (χ1v) is 7.22. The summed E-state index contributed by atoms with van der Waals surface area (Å²) in [6.45, 7) is 0. The number of halogens is 2. The second-order valence-electron chi connectivity index (χ2n) is 4.34. The van der Waals surface area contributed by atoms with E-state index in [1.165, 1.54) is 24.3 Å². The van der Waals surface area contributed by atoms with Crippen molar-refractivity contribution in [3.8, 4) is 0 Å². The molecule has 0 heterocycles. The van der Waals surface area contributed by atoms with Crippen molar-refractivity contribution in [3.63, 3.8) is 0 Å². The second-order valence-corrected chi connectivity index (χ2v) is 5.79. The number of carbonyl (C=O) groups excluding carboxylic acids is 1. The molecule has 0 fully saturated rings. The summed E-state index contributed by atoms with van der Waals surface area (Å²) in [5.74, 6) is -2.65. The summed E-state index contributed by atoms with van der Waals surface area (Å²) in [6.07, 6.45) is 0. The Morgan fingerprint density at radius 3 is 2.38 bits per heavy atom. The molecule has 0 aliphatic carbocycles. The average Bonchev–Trinajstić information content (AvgIpc) is 2.43. The summed E-state index contributed by atoms with van der Waals surface area (Å²) in [6, 6.07) is 7.45. The number of nitrogens with two attached hydrogens (primary N) is 2. The van der Waals surface area contributed by atoms with Crippen LogP contribution in [0.25, 0.3) is 0 Å². The summed E-state index contributed by atoms with van der Waals surface area (Å²) >= 11 is 0. The first-order chi connectivity index (χ1) is 9.88. The minimum absolute atomic E-state index is 0.0238. The molecule has 110 valence electrons. The minimum atomic E-state index is -1.58. The third-order valence-corrected chi connectivity index (χ3v) is 4.22. The van der Waals surface area contributed by atoms with Gasteiger partial charge in [0.05, 0.1) is 16.6 Å². The number of benzene rings is 2. The molecule has 0 aliphatic rings. The molecular formula is C14H12F2N2O2S. The van der Waals surface area contributed by atoms with Crippen LogP contribution in [0.5, 0.6) is 0 Å². The van der Waals surface area contributed by atoms with Crippen LogP contribution in [0.15, 0.2) is 41.3 Å². The van der Waals surface area contributed by atoms with Crippen LogP contribution in [0, 0.1) is 11.6 Å². The molecule has 4 N–H and O–H groups in total. The van der Waals surface area contributed by atoms with E-state index in [-0.39, 0.29) is 21.9 Å². The molecule has 4 nitrogen and oxygen atoms in total. The van der Waals surface area contributed by atoms with Gasteiger partial charge in [-0.05, 0) is 35.9 Å². The van der Waals surface area contributed by atoms with Crippen LogP contribution >= 0.6 is 0 Å². The molecule has 1 unspecified atom stereocenters. The van der Waals surface area contributed by atoms with Crippen molar-refractivity contribution in [3.05, 3.63) is 59.2 Å². The lowest BCUT2D eigenvalue weighted by Crippen LogP contribution is -2.12. The van der Waals surface area contributed by atoms with Crippen molar-refractivity contribution < 1.29 is 17.8 Å². The monoisotopic (exact) mass is 310 g/mol. The second kappa shape index (κ2) is 6.01. The van der Waals surface area contributed by atoms with Crippen LogP contribution in [-0.4, -0.2) is 10.1 Å². The summed E-state index contributed by atoms with van der Waals surface area (Å²) in [4.78, 5) is 11.2. The first kappa shape index (κ1) is 15.1. The number of amides is 1. The van der Waals surface area contributed by atoms with Gasteiger partial charge in [0, 0.05) is 16.1 Å². The lowest BCUT2D eigenvalue weighted by atomic mass is 10.1. The summed E-state index contributed by atoms with van der Waals surface area (Å²) in [5, 5.41) is 0. The van der Waals surface area contributed by atoms with Gasteiger partial charge in [-0.1, -0.05) is 6.07 Å². The van der Waals surface area contributed by atoms with E-state index in [0.717, 1.165) is 12.1 Å². The van der Waals surface area contributed by atoms with Gasteiger partial charge in [0.1, 0.15) is 0 Å². The Morgan fingerprint density at radius 2 is 1.81 bits per heavy atom. The molecule has 1 atom stereocenters. The van der Waals surface area contributed by atoms with Crippen molar-refractivity contribution >= 4 is 22.4 Å². The molecule has 2 rings (SSSR count). The number of hydrogen-bond acceptors (Lipinski definition) is 3. The van der Waals surface area contributed by atoms with E-state index >= 15 is 0 Å². The Bertz CT molecular complexity index is 735. The largest absolute Gasteiger partial charge is 0.398 e. The molecule has 7 heteroatoms. The Morgan fingerprint density at radius 1 is 1.10 bits per heavy atom. The number of nitrogen functional groups attached to an aromatic ring is 1. The molecule has 21 heavy (non-hydrogen) atoms. The van der Waals surface area contributed by atoms with E-state index in [1.54, 1.807) is 0 Å². The highest BCUT2D eigenvalue weighted by molar-refractivity contribution is 7.84. The standard InChI is InChI=1S/C14H12F2N2O2S/c15-11-4-3-10(6-12(11)16)21(20)7-9-2-1-8(14(18)19)5-13(9)17/h1-6H,7,17H2,(H2,18,19). The lowest BCUT2D eigenvalue weighted by molar-refractivity contribution is 0.100. The van der Waals surface area contributed by atoms with Crippen LogP contribution in [0.3, 0.4) is 0 Å². The maximum absolute atomic E-state index is 13.1. The van der Waals surface area contributed by atoms with Gasteiger partial charge in [0.25, 0.3) is 0 Å². The summed E-state index contributed by atoms with van der Waals surface area (Å²) < 4.78 is 38.1. The molecule has 0 saturated heterocycles. The molecule has 0 spiro atoms. The van der Waals surface area contributed by atoms with Crippen LogP contribution in [0.2, 0.25) is 0 Å². The van der Waals surface area contributed by atoms with Crippen LogP contribution in [0.4, 0.5) is 14.5 Å². The molecule has 2 aromatic rings. The minimum Gasteiger partial charge on any atom is -0.398 e. The quantitative estimate of drug-likeness (QED) is 0.846. The fourth-order valence-electron chi connectivity index (χ4n) is 1.72. The number of rotatable bonds is 4. The van der Waals surface area contributed by atoms with Crippen molar-refractivity contribution in [2.24, 2.45) is 5.73 Å². The van der Waals surface area contributed by atoms with Crippen molar-refractivity contribution in [2.45, 2.75) is 10.6 Å². The van der Waals surface area contributed by atoms with E-state index in [2.05, 4.69) is 0 Å². The van der Waals surface area contributed by atoms with Crippen LogP contribution in [-0.2, 0) is 16.6 Å². The van der Waals surface area contributed by atoms with Gasteiger partial charge in [-0.3, -0.25) is 9.00 Å². The zero-order valence-corrected chi connectivity index (χ0v) is 11.6. The Hall–Kier alpha value is -2.28. The number of primary amides is 1. The maximum atomic E-state index is 13.1. The van der Waals surface area contributed by atoms with Gasteiger partial charge in [-0.15, -0.1) is 0 Å². The highest BCUT2D eigenvalue weighted by Gasteiger charge is 2.12. The Balaban J connectivity index is 2.23. The molecule has 0 bridgehead atoms. The Labute approximate surface area is 122 Å². The van der Waals surface area contributed by atoms with E-state index in [1.807, 2.05) is 0 Å². The predicted molar refractivity (Wildman–Crippen MR) is 75.8 cm³/mol. The number of anilines is 1. The highest BCUT2D eigenvalue weighted by Crippen LogP contribution is 2.20. The van der Waals surface area contributed by atoms with Gasteiger partial charge >= 0.3 is 0 Å². The van der Waals surface area contributed by atoms with Gasteiger partial charge in [0.2, 0.25) is 5.91 Å². The number of carbonyl (C=O) groups is 1.